The summed E-state index contributed by atoms with van der Waals surface area (Å²) in [6, 6.07) is 1.62. The third-order valence-electron chi connectivity index (χ3n) is 2.29. The highest BCUT2D eigenvalue weighted by Crippen LogP contribution is 2.13. The number of nitrogens with zero attached hydrogens (tertiary/aromatic N) is 1. The predicted octanol–water partition coefficient (Wildman–Crippen LogP) is 0.292. The van der Waals surface area contributed by atoms with Crippen LogP contribution in [0.1, 0.15) is 17.5 Å². The summed E-state index contributed by atoms with van der Waals surface area (Å²) in [5.74, 6) is -3.28. The van der Waals surface area contributed by atoms with Crippen LogP contribution in [-0.4, -0.2) is 32.2 Å². The molecule has 3 N–H and O–H groups in total. The molecule has 1 heterocycles. The van der Waals surface area contributed by atoms with Gasteiger partial charge in [-0.3, -0.25) is 14.6 Å². The van der Waals surface area contributed by atoms with Crippen molar-refractivity contribution in [3.05, 3.63) is 29.6 Å². The maximum Gasteiger partial charge on any atom is 0.307 e. The van der Waals surface area contributed by atoms with Gasteiger partial charge in [-0.25, -0.2) is 0 Å². The first-order chi connectivity index (χ1) is 8.02. The fraction of sp³-hybridized carbons (Fsp3) is 0.364. The largest absolute Gasteiger partial charge is 0.481 e. The maximum absolute atomic E-state index is 10.9. The monoisotopic (exact) mass is 239 g/mol. The molecule has 1 aromatic rings. The van der Waals surface area contributed by atoms with Crippen molar-refractivity contribution in [3.8, 4) is 0 Å². The van der Waals surface area contributed by atoms with Gasteiger partial charge in [-0.15, -0.1) is 0 Å². The highest BCUT2D eigenvalue weighted by atomic mass is 16.4. The van der Waals surface area contributed by atoms with Crippen LogP contribution in [0.5, 0.6) is 0 Å². The molecule has 0 radical (unpaired) electrons. The average Bonchev–Trinajstić information content (AvgIpc) is 2.27. The zero-order valence-electron chi connectivity index (χ0n) is 9.04. The Bertz CT molecular complexity index is 418. The van der Waals surface area contributed by atoms with Gasteiger partial charge in [0.2, 0.25) is 0 Å². The summed E-state index contributed by atoms with van der Waals surface area (Å²) < 4.78 is 0. The second-order valence-corrected chi connectivity index (χ2v) is 3.70. The topological polar surface area (TPSA) is 108 Å². The third-order valence-corrected chi connectivity index (χ3v) is 2.29. The van der Waals surface area contributed by atoms with Crippen molar-refractivity contribution >= 4 is 11.9 Å². The van der Waals surface area contributed by atoms with Crippen molar-refractivity contribution in [3.63, 3.8) is 0 Å². The number of pyridine rings is 1. The lowest BCUT2D eigenvalue weighted by atomic mass is 9.97. The van der Waals surface area contributed by atoms with Gasteiger partial charge in [0.1, 0.15) is 0 Å². The lowest BCUT2D eigenvalue weighted by Crippen LogP contribution is -2.20. The molecule has 1 atom stereocenters. The number of aliphatic hydroxyl groups excluding tert-OH is 1. The molecule has 92 valence electrons. The van der Waals surface area contributed by atoms with Crippen LogP contribution in [0.2, 0.25) is 0 Å². The summed E-state index contributed by atoms with van der Waals surface area (Å²) in [6.07, 6.45) is 2.59. The van der Waals surface area contributed by atoms with Gasteiger partial charge in [-0.05, 0) is 17.5 Å². The Labute approximate surface area is 97.5 Å². The number of carbonyl (C=O) groups is 2. The highest BCUT2D eigenvalue weighted by molar-refractivity contribution is 5.77. The smallest absolute Gasteiger partial charge is 0.307 e. The molecule has 1 aromatic heterocycles. The van der Waals surface area contributed by atoms with E-state index >= 15 is 0 Å². The average molecular weight is 239 g/mol. The summed E-state index contributed by atoms with van der Waals surface area (Å²) in [7, 11) is 0. The molecule has 0 aromatic carbocycles. The van der Waals surface area contributed by atoms with E-state index in [1.807, 2.05) is 0 Å². The third kappa shape index (κ3) is 4.20. The SMILES string of the molecule is O=C(O)CC(Cc1cncc(CO)c1)C(=O)O. The molecule has 0 saturated heterocycles. The Morgan fingerprint density at radius 1 is 1.24 bits per heavy atom. The van der Waals surface area contributed by atoms with Crippen LogP contribution >= 0.6 is 0 Å². The number of aliphatic carboxylic acids is 2. The molecule has 17 heavy (non-hydrogen) atoms. The minimum Gasteiger partial charge on any atom is -0.481 e. The Hall–Kier alpha value is -1.95. The molecule has 0 aliphatic heterocycles. The second-order valence-electron chi connectivity index (χ2n) is 3.70. The zero-order valence-corrected chi connectivity index (χ0v) is 9.04. The number of hydrogen-bond donors (Lipinski definition) is 3. The molecule has 1 rings (SSSR count). The van der Waals surface area contributed by atoms with Gasteiger partial charge in [0, 0.05) is 12.4 Å². The predicted molar refractivity (Wildman–Crippen MR) is 57.2 cm³/mol. The molecule has 6 heteroatoms. The van der Waals surface area contributed by atoms with Crippen molar-refractivity contribution in [2.75, 3.05) is 0 Å². The van der Waals surface area contributed by atoms with Gasteiger partial charge in [-0.1, -0.05) is 6.07 Å². The van der Waals surface area contributed by atoms with Gasteiger partial charge in [0.25, 0.3) is 0 Å². The molecular weight excluding hydrogens is 226 g/mol. The quantitative estimate of drug-likeness (QED) is 0.658. The van der Waals surface area contributed by atoms with E-state index in [0.717, 1.165) is 0 Å². The van der Waals surface area contributed by atoms with Crippen molar-refractivity contribution in [2.45, 2.75) is 19.4 Å². The summed E-state index contributed by atoms with van der Waals surface area (Å²) in [4.78, 5) is 25.2. The Morgan fingerprint density at radius 2 is 1.88 bits per heavy atom. The number of aliphatic hydroxyl groups is 1. The molecule has 0 saturated carbocycles. The Morgan fingerprint density at radius 3 is 2.41 bits per heavy atom. The maximum atomic E-state index is 10.9. The van der Waals surface area contributed by atoms with Crippen molar-refractivity contribution in [1.29, 1.82) is 0 Å². The van der Waals surface area contributed by atoms with Crippen LogP contribution in [0.4, 0.5) is 0 Å². The normalized spacial score (nSPS) is 12.1. The van der Waals surface area contributed by atoms with Crippen LogP contribution < -0.4 is 0 Å². The lowest BCUT2D eigenvalue weighted by Gasteiger charge is -2.10. The van der Waals surface area contributed by atoms with Crippen LogP contribution in [0, 0.1) is 5.92 Å². The molecule has 6 nitrogen and oxygen atoms in total. The van der Waals surface area contributed by atoms with E-state index in [1.54, 1.807) is 6.07 Å². The molecule has 0 aliphatic carbocycles. The van der Waals surface area contributed by atoms with Crippen LogP contribution in [-0.2, 0) is 22.6 Å². The minimum absolute atomic E-state index is 0.0858. The first-order valence-electron chi connectivity index (χ1n) is 5.01. The fourth-order valence-electron chi connectivity index (χ4n) is 1.48. The van der Waals surface area contributed by atoms with Crippen LogP contribution in [0.3, 0.4) is 0 Å². The molecule has 0 amide bonds. The zero-order chi connectivity index (χ0) is 12.8. The van der Waals surface area contributed by atoms with Gasteiger partial charge in [-0.2, -0.15) is 0 Å². The minimum atomic E-state index is -1.15. The van der Waals surface area contributed by atoms with Crippen molar-refractivity contribution in [2.24, 2.45) is 5.92 Å². The number of carboxylic acids is 2. The van der Waals surface area contributed by atoms with Crippen molar-refractivity contribution in [1.82, 2.24) is 4.98 Å². The Kier molecular flexibility index (Phi) is 4.59. The van der Waals surface area contributed by atoms with Crippen LogP contribution in [0.15, 0.2) is 18.5 Å². The summed E-state index contributed by atoms with van der Waals surface area (Å²) in [5.41, 5.74) is 1.17. The second kappa shape index (κ2) is 5.95. The van der Waals surface area contributed by atoms with E-state index in [1.165, 1.54) is 12.4 Å². The molecule has 0 fully saturated rings. The first-order valence-corrected chi connectivity index (χ1v) is 5.01. The molecular formula is C11H13NO5. The standard InChI is InChI=1S/C11H13NO5/c13-6-8-1-7(4-12-5-8)2-9(11(16)17)3-10(14)15/h1,4-5,9,13H,2-3,6H2,(H,14,15)(H,16,17). The van der Waals surface area contributed by atoms with Gasteiger partial charge >= 0.3 is 11.9 Å². The van der Waals surface area contributed by atoms with E-state index in [4.69, 9.17) is 15.3 Å². The van der Waals surface area contributed by atoms with E-state index in [-0.39, 0.29) is 13.0 Å². The first kappa shape index (κ1) is 13.1. The van der Waals surface area contributed by atoms with E-state index in [9.17, 15) is 9.59 Å². The number of carboxylic acid groups (broad SMARTS) is 2. The fourth-order valence-corrected chi connectivity index (χ4v) is 1.48. The lowest BCUT2D eigenvalue weighted by molar-refractivity contribution is -0.148. The van der Waals surface area contributed by atoms with Crippen LogP contribution in [0.25, 0.3) is 0 Å². The Balaban J connectivity index is 2.78. The van der Waals surface area contributed by atoms with E-state index < -0.39 is 24.3 Å². The molecule has 0 bridgehead atoms. The van der Waals surface area contributed by atoms with Gasteiger partial charge in [0.05, 0.1) is 18.9 Å². The summed E-state index contributed by atoms with van der Waals surface area (Å²) in [6.45, 7) is -0.183. The molecule has 0 spiro atoms. The van der Waals surface area contributed by atoms with Crippen molar-refractivity contribution < 1.29 is 24.9 Å². The number of aromatic nitrogens is 1. The number of rotatable bonds is 6. The van der Waals surface area contributed by atoms with E-state index in [0.29, 0.717) is 11.1 Å². The summed E-state index contributed by atoms with van der Waals surface area (Å²) in [5, 5.41) is 26.4. The number of hydrogen-bond acceptors (Lipinski definition) is 4. The van der Waals surface area contributed by atoms with E-state index in [2.05, 4.69) is 4.98 Å². The van der Waals surface area contributed by atoms with Gasteiger partial charge in [0.15, 0.2) is 0 Å². The highest BCUT2D eigenvalue weighted by Gasteiger charge is 2.21. The summed E-state index contributed by atoms with van der Waals surface area (Å²) >= 11 is 0. The van der Waals surface area contributed by atoms with Gasteiger partial charge < -0.3 is 15.3 Å². The molecule has 0 aliphatic rings. The molecule has 1 unspecified atom stereocenters.